The van der Waals surface area contributed by atoms with Gasteiger partial charge >= 0.3 is 0 Å². The van der Waals surface area contributed by atoms with Gasteiger partial charge in [0.1, 0.15) is 0 Å². The second-order valence-electron chi connectivity index (χ2n) is 5.13. The lowest BCUT2D eigenvalue weighted by Crippen LogP contribution is -2.30. The standard InChI is InChI=1S/C15H20BrClN4/c1-4-12-15(17)14(21(3)20-12)8-13(19-18)10-6-5-9(2)7-11(10)16/h5-7,13,19H,4,8,18H2,1-3H3. The van der Waals surface area contributed by atoms with Crippen LogP contribution in [0.2, 0.25) is 5.02 Å². The van der Waals surface area contributed by atoms with Crippen molar-refractivity contribution in [1.29, 1.82) is 0 Å². The molecule has 0 saturated heterocycles. The summed E-state index contributed by atoms with van der Waals surface area (Å²) in [5, 5.41) is 5.19. The molecule has 6 heteroatoms. The van der Waals surface area contributed by atoms with Crippen molar-refractivity contribution in [2.75, 3.05) is 0 Å². The van der Waals surface area contributed by atoms with E-state index < -0.39 is 0 Å². The van der Waals surface area contributed by atoms with Crippen molar-refractivity contribution in [3.05, 3.63) is 50.2 Å². The number of aromatic nitrogens is 2. The minimum Gasteiger partial charge on any atom is -0.271 e. The van der Waals surface area contributed by atoms with E-state index in [0.717, 1.165) is 32.9 Å². The zero-order valence-electron chi connectivity index (χ0n) is 12.5. The smallest absolute Gasteiger partial charge is 0.0850 e. The third-order valence-corrected chi connectivity index (χ3v) is 4.76. The van der Waals surface area contributed by atoms with Gasteiger partial charge < -0.3 is 0 Å². The Morgan fingerprint density at radius 3 is 2.71 bits per heavy atom. The molecule has 0 fully saturated rings. The molecule has 0 aliphatic heterocycles. The molecule has 0 radical (unpaired) electrons. The summed E-state index contributed by atoms with van der Waals surface area (Å²) in [7, 11) is 1.91. The van der Waals surface area contributed by atoms with Crippen LogP contribution in [-0.4, -0.2) is 9.78 Å². The van der Waals surface area contributed by atoms with E-state index in [1.165, 1.54) is 5.56 Å². The van der Waals surface area contributed by atoms with Crippen molar-refractivity contribution in [2.24, 2.45) is 12.9 Å². The Morgan fingerprint density at radius 1 is 1.48 bits per heavy atom. The zero-order chi connectivity index (χ0) is 15.6. The van der Waals surface area contributed by atoms with Crippen LogP contribution in [0.3, 0.4) is 0 Å². The minimum absolute atomic E-state index is 0.0300. The lowest BCUT2D eigenvalue weighted by atomic mass is 10.0. The summed E-state index contributed by atoms with van der Waals surface area (Å²) in [4.78, 5) is 0. The van der Waals surface area contributed by atoms with Gasteiger partial charge in [0.15, 0.2) is 0 Å². The first-order valence-electron chi connectivity index (χ1n) is 6.90. The molecule has 1 heterocycles. The van der Waals surface area contributed by atoms with Gasteiger partial charge in [0, 0.05) is 17.9 Å². The Labute approximate surface area is 138 Å². The van der Waals surface area contributed by atoms with Crippen LogP contribution in [0.15, 0.2) is 22.7 Å². The normalized spacial score (nSPS) is 12.7. The second kappa shape index (κ2) is 6.92. The van der Waals surface area contributed by atoms with E-state index in [1.807, 2.05) is 18.7 Å². The number of nitrogens with two attached hydrogens (primary N) is 1. The summed E-state index contributed by atoms with van der Waals surface area (Å²) in [5.74, 6) is 5.76. The van der Waals surface area contributed by atoms with Gasteiger partial charge in [0.2, 0.25) is 0 Å². The summed E-state index contributed by atoms with van der Waals surface area (Å²) in [6.45, 7) is 4.11. The highest BCUT2D eigenvalue weighted by Gasteiger charge is 2.20. The molecule has 3 N–H and O–H groups in total. The number of halogens is 2. The quantitative estimate of drug-likeness (QED) is 0.625. The van der Waals surface area contributed by atoms with Crippen LogP contribution in [0.4, 0.5) is 0 Å². The van der Waals surface area contributed by atoms with E-state index in [9.17, 15) is 0 Å². The van der Waals surface area contributed by atoms with Crippen LogP contribution in [-0.2, 0) is 19.9 Å². The summed E-state index contributed by atoms with van der Waals surface area (Å²) in [6.07, 6.45) is 1.50. The molecule has 1 aromatic carbocycles. The molecule has 1 aromatic heterocycles. The van der Waals surface area contributed by atoms with Crippen LogP contribution in [0.1, 0.15) is 35.5 Å². The third-order valence-electron chi connectivity index (χ3n) is 3.63. The number of nitrogens with one attached hydrogen (secondary N) is 1. The molecule has 0 spiro atoms. The Kier molecular flexibility index (Phi) is 5.43. The van der Waals surface area contributed by atoms with Crippen LogP contribution >= 0.6 is 27.5 Å². The fourth-order valence-corrected chi connectivity index (χ4v) is 3.55. The Bertz CT molecular complexity index is 639. The van der Waals surface area contributed by atoms with Gasteiger partial charge in [-0.3, -0.25) is 16.0 Å². The fraction of sp³-hybridized carbons (Fsp3) is 0.400. The molecule has 2 rings (SSSR count). The molecule has 0 aliphatic rings. The molecule has 0 bridgehead atoms. The highest BCUT2D eigenvalue weighted by atomic mass is 79.9. The molecule has 1 unspecified atom stereocenters. The highest BCUT2D eigenvalue weighted by molar-refractivity contribution is 9.10. The second-order valence-corrected chi connectivity index (χ2v) is 6.37. The number of rotatable bonds is 5. The van der Waals surface area contributed by atoms with Gasteiger partial charge in [-0.1, -0.05) is 46.6 Å². The van der Waals surface area contributed by atoms with Crippen molar-refractivity contribution in [3.63, 3.8) is 0 Å². The van der Waals surface area contributed by atoms with E-state index in [0.29, 0.717) is 6.42 Å². The number of aryl methyl sites for hydroxylation is 3. The van der Waals surface area contributed by atoms with Crippen molar-refractivity contribution < 1.29 is 0 Å². The van der Waals surface area contributed by atoms with Gasteiger partial charge in [0.05, 0.1) is 22.5 Å². The Morgan fingerprint density at radius 2 is 2.19 bits per heavy atom. The Balaban J connectivity index is 2.33. The van der Waals surface area contributed by atoms with Gasteiger partial charge in [-0.05, 0) is 30.5 Å². The average molecular weight is 372 g/mol. The fourth-order valence-electron chi connectivity index (χ4n) is 2.41. The maximum Gasteiger partial charge on any atom is 0.0850 e. The highest BCUT2D eigenvalue weighted by Crippen LogP contribution is 2.30. The van der Waals surface area contributed by atoms with Crippen LogP contribution < -0.4 is 11.3 Å². The van der Waals surface area contributed by atoms with Crippen LogP contribution in [0, 0.1) is 6.92 Å². The lowest BCUT2D eigenvalue weighted by Gasteiger charge is -2.18. The number of hydrazine groups is 1. The summed E-state index contributed by atoms with van der Waals surface area (Å²) in [6, 6.07) is 6.21. The zero-order valence-corrected chi connectivity index (χ0v) is 14.8. The van der Waals surface area contributed by atoms with Gasteiger partial charge in [-0.15, -0.1) is 0 Å². The first-order chi connectivity index (χ1) is 9.97. The van der Waals surface area contributed by atoms with Gasteiger partial charge in [0.25, 0.3) is 0 Å². The molecular formula is C15H20BrClN4. The van der Waals surface area contributed by atoms with Crippen molar-refractivity contribution in [2.45, 2.75) is 32.7 Å². The topological polar surface area (TPSA) is 55.9 Å². The Hall–Kier alpha value is -0.880. The SMILES string of the molecule is CCc1nn(C)c(CC(NN)c2ccc(C)cc2Br)c1Cl. The molecule has 2 aromatic rings. The minimum atomic E-state index is -0.0300. The lowest BCUT2D eigenvalue weighted by molar-refractivity contribution is 0.528. The number of nitrogens with zero attached hydrogens (tertiary/aromatic N) is 2. The van der Waals surface area contributed by atoms with E-state index in [1.54, 1.807) is 0 Å². The first kappa shape index (κ1) is 16.5. The van der Waals surface area contributed by atoms with E-state index in [2.05, 4.69) is 51.6 Å². The monoisotopic (exact) mass is 370 g/mol. The van der Waals surface area contributed by atoms with Crippen LogP contribution in [0.25, 0.3) is 0 Å². The van der Waals surface area contributed by atoms with E-state index in [4.69, 9.17) is 17.4 Å². The van der Waals surface area contributed by atoms with Crippen LogP contribution in [0.5, 0.6) is 0 Å². The molecule has 0 saturated carbocycles. The maximum atomic E-state index is 6.42. The van der Waals surface area contributed by atoms with E-state index in [-0.39, 0.29) is 6.04 Å². The number of benzene rings is 1. The average Bonchev–Trinajstić information content (AvgIpc) is 2.72. The van der Waals surface area contributed by atoms with E-state index >= 15 is 0 Å². The molecular weight excluding hydrogens is 352 g/mol. The third kappa shape index (κ3) is 3.48. The van der Waals surface area contributed by atoms with Crippen molar-refractivity contribution in [3.8, 4) is 0 Å². The predicted molar refractivity (Wildman–Crippen MR) is 90.2 cm³/mol. The number of hydrogen-bond donors (Lipinski definition) is 2. The largest absolute Gasteiger partial charge is 0.271 e. The number of hydrogen-bond acceptors (Lipinski definition) is 3. The van der Waals surface area contributed by atoms with Crippen molar-refractivity contribution >= 4 is 27.5 Å². The summed E-state index contributed by atoms with van der Waals surface area (Å²) >= 11 is 10.0. The molecule has 21 heavy (non-hydrogen) atoms. The summed E-state index contributed by atoms with van der Waals surface area (Å²) in [5.41, 5.74) is 7.10. The molecule has 0 aliphatic carbocycles. The van der Waals surface area contributed by atoms with Gasteiger partial charge in [-0.2, -0.15) is 5.10 Å². The maximum absolute atomic E-state index is 6.42. The molecule has 1 atom stereocenters. The summed E-state index contributed by atoms with van der Waals surface area (Å²) < 4.78 is 2.88. The predicted octanol–water partition coefficient (Wildman–Crippen LogP) is 3.45. The van der Waals surface area contributed by atoms with Gasteiger partial charge in [-0.25, -0.2) is 0 Å². The first-order valence-corrected chi connectivity index (χ1v) is 8.07. The molecule has 114 valence electrons. The molecule has 4 nitrogen and oxygen atoms in total. The van der Waals surface area contributed by atoms with Crippen molar-refractivity contribution in [1.82, 2.24) is 15.2 Å². The molecule has 0 amide bonds.